The molecule has 0 saturated carbocycles. The first kappa shape index (κ1) is 18.6. The van der Waals surface area contributed by atoms with Gasteiger partial charge < -0.3 is 10.6 Å². The van der Waals surface area contributed by atoms with E-state index in [-0.39, 0.29) is 17.4 Å². The third-order valence-corrected chi connectivity index (χ3v) is 4.16. The number of hydrogen-bond donors (Lipinski definition) is 2. The average molecular weight is 271 g/mol. The molecular weight excluding hydrogens is 238 g/mol. The zero-order valence-corrected chi connectivity index (χ0v) is 14.1. The zero-order chi connectivity index (χ0) is 15.3. The minimum atomic E-state index is -0.449. The van der Waals surface area contributed by atoms with Gasteiger partial charge in [0.1, 0.15) is 0 Å². The van der Waals surface area contributed by atoms with Crippen LogP contribution in [0.5, 0.6) is 0 Å². The van der Waals surface area contributed by atoms with Gasteiger partial charge in [-0.25, -0.2) is 0 Å². The van der Waals surface area contributed by atoms with Crippen molar-refractivity contribution in [2.24, 2.45) is 0 Å². The Kier molecular flexibility index (Phi) is 7.19. The number of ketones is 1. The summed E-state index contributed by atoms with van der Waals surface area (Å²) in [6.45, 7) is 14.1. The average Bonchev–Trinajstić information content (AvgIpc) is 2.35. The van der Waals surface area contributed by atoms with E-state index in [1.165, 1.54) is 0 Å². The molecule has 0 rings (SSSR count). The van der Waals surface area contributed by atoms with Crippen LogP contribution in [0.2, 0.25) is 0 Å². The van der Waals surface area contributed by atoms with Crippen LogP contribution in [0.1, 0.15) is 48.0 Å². The minimum absolute atomic E-state index is 0.00526. The Labute approximate surface area is 119 Å². The summed E-state index contributed by atoms with van der Waals surface area (Å²) in [5.74, 6) is 0.267. The Morgan fingerprint density at radius 3 is 2.11 bits per heavy atom. The SMILES string of the molecule is CCC(C)(NCCNC)C(=O)[C@@H](C)N(C)C(C)(C)C. The molecular formula is C15H33N3O. The van der Waals surface area contributed by atoms with Crippen molar-refractivity contribution in [3.8, 4) is 0 Å². The number of rotatable bonds is 8. The first-order valence-electron chi connectivity index (χ1n) is 7.27. The van der Waals surface area contributed by atoms with E-state index < -0.39 is 5.54 Å². The van der Waals surface area contributed by atoms with Gasteiger partial charge in [0.2, 0.25) is 0 Å². The molecule has 0 radical (unpaired) electrons. The highest BCUT2D eigenvalue weighted by Crippen LogP contribution is 2.20. The minimum Gasteiger partial charge on any atom is -0.318 e. The van der Waals surface area contributed by atoms with Crippen molar-refractivity contribution in [3.05, 3.63) is 0 Å². The van der Waals surface area contributed by atoms with Crippen LogP contribution in [0.15, 0.2) is 0 Å². The van der Waals surface area contributed by atoms with Gasteiger partial charge in [-0.15, -0.1) is 0 Å². The zero-order valence-electron chi connectivity index (χ0n) is 14.1. The molecule has 1 unspecified atom stereocenters. The summed E-state index contributed by atoms with van der Waals surface area (Å²) in [5.41, 5.74) is -0.454. The Morgan fingerprint density at radius 2 is 1.74 bits per heavy atom. The van der Waals surface area contributed by atoms with E-state index in [0.717, 1.165) is 19.5 Å². The second-order valence-electron chi connectivity index (χ2n) is 6.54. The van der Waals surface area contributed by atoms with E-state index in [4.69, 9.17) is 0 Å². The van der Waals surface area contributed by atoms with E-state index in [1.807, 2.05) is 27.9 Å². The lowest BCUT2D eigenvalue weighted by molar-refractivity contribution is -0.131. The molecule has 0 aliphatic heterocycles. The lowest BCUT2D eigenvalue weighted by atomic mass is 9.87. The summed E-state index contributed by atoms with van der Waals surface area (Å²) in [4.78, 5) is 14.9. The molecule has 2 N–H and O–H groups in total. The maximum Gasteiger partial charge on any atom is 0.169 e. The van der Waals surface area contributed by atoms with Crippen LogP contribution in [0, 0.1) is 0 Å². The predicted octanol–water partition coefficient (Wildman–Crippen LogP) is 1.65. The van der Waals surface area contributed by atoms with Crippen LogP contribution in [-0.2, 0) is 4.79 Å². The summed E-state index contributed by atoms with van der Waals surface area (Å²) < 4.78 is 0. The molecule has 0 heterocycles. The molecule has 0 bridgehead atoms. The maximum atomic E-state index is 12.8. The number of nitrogens with one attached hydrogen (secondary N) is 2. The summed E-state index contributed by atoms with van der Waals surface area (Å²) in [6, 6.07) is -0.0907. The van der Waals surface area contributed by atoms with Gasteiger partial charge in [0, 0.05) is 18.6 Å². The summed E-state index contributed by atoms with van der Waals surface area (Å²) in [6.07, 6.45) is 0.803. The summed E-state index contributed by atoms with van der Waals surface area (Å²) in [5, 5.41) is 6.49. The first-order valence-corrected chi connectivity index (χ1v) is 7.27. The van der Waals surface area contributed by atoms with Gasteiger partial charge in [0.15, 0.2) is 5.78 Å². The molecule has 0 aromatic heterocycles. The van der Waals surface area contributed by atoms with E-state index in [2.05, 4.69) is 43.2 Å². The molecule has 114 valence electrons. The fourth-order valence-corrected chi connectivity index (χ4v) is 2.07. The second kappa shape index (κ2) is 7.36. The van der Waals surface area contributed by atoms with Gasteiger partial charge in [0.25, 0.3) is 0 Å². The van der Waals surface area contributed by atoms with Gasteiger partial charge in [-0.3, -0.25) is 9.69 Å². The van der Waals surface area contributed by atoms with Crippen LogP contribution in [0.4, 0.5) is 0 Å². The Morgan fingerprint density at radius 1 is 1.21 bits per heavy atom. The standard InChI is InChI=1S/C15H33N3O/c1-9-15(6,17-11-10-16-7)13(19)12(2)18(8)14(3,4)5/h12,16-17H,9-11H2,1-8H3/t12-,15?/m1/s1. The van der Waals surface area contributed by atoms with Crippen LogP contribution >= 0.6 is 0 Å². The number of carbonyl (C=O) groups excluding carboxylic acids is 1. The molecule has 0 saturated heterocycles. The number of nitrogens with zero attached hydrogens (tertiary/aromatic N) is 1. The Balaban J connectivity index is 4.82. The maximum absolute atomic E-state index is 12.8. The molecule has 0 spiro atoms. The van der Waals surface area contributed by atoms with Crippen molar-refractivity contribution in [2.45, 2.75) is 65.1 Å². The quantitative estimate of drug-likeness (QED) is 0.659. The van der Waals surface area contributed by atoms with E-state index in [1.54, 1.807) is 0 Å². The number of Topliss-reactive ketones (excluding diaryl/α,β-unsaturated/α-hetero) is 1. The van der Waals surface area contributed by atoms with Crippen molar-refractivity contribution in [1.29, 1.82) is 0 Å². The molecule has 4 heteroatoms. The van der Waals surface area contributed by atoms with Crippen molar-refractivity contribution in [3.63, 3.8) is 0 Å². The smallest absolute Gasteiger partial charge is 0.169 e. The van der Waals surface area contributed by atoms with E-state index in [0.29, 0.717) is 0 Å². The van der Waals surface area contributed by atoms with Crippen LogP contribution < -0.4 is 10.6 Å². The van der Waals surface area contributed by atoms with E-state index in [9.17, 15) is 4.79 Å². The number of carbonyl (C=O) groups is 1. The molecule has 4 nitrogen and oxygen atoms in total. The fraction of sp³-hybridized carbons (Fsp3) is 0.933. The van der Waals surface area contributed by atoms with E-state index >= 15 is 0 Å². The topological polar surface area (TPSA) is 44.4 Å². The molecule has 19 heavy (non-hydrogen) atoms. The summed E-state index contributed by atoms with van der Waals surface area (Å²) in [7, 11) is 3.94. The highest BCUT2D eigenvalue weighted by molar-refractivity contribution is 5.92. The Hall–Kier alpha value is -0.450. The van der Waals surface area contributed by atoms with Crippen molar-refractivity contribution >= 4 is 5.78 Å². The highest BCUT2D eigenvalue weighted by Gasteiger charge is 2.37. The third-order valence-electron chi connectivity index (χ3n) is 4.16. The van der Waals surface area contributed by atoms with Gasteiger partial charge in [-0.2, -0.15) is 0 Å². The van der Waals surface area contributed by atoms with Crippen LogP contribution in [0.3, 0.4) is 0 Å². The molecule has 2 atom stereocenters. The Bertz CT molecular complexity index is 286. The van der Waals surface area contributed by atoms with Gasteiger partial charge in [0.05, 0.1) is 11.6 Å². The lowest BCUT2D eigenvalue weighted by Crippen LogP contribution is -2.59. The normalized spacial score (nSPS) is 17.3. The number of hydrogen-bond acceptors (Lipinski definition) is 4. The van der Waals surface area contributed by atoms with Gasteiger partial charge >= 0.3 is 0 Å². The molecule has 0 fully saturated rings. The highest BCUT2D eigenvalue weighted by atomic mass is 16.1. The summed E-state index contributed by atoms with van der Waals surface area (Å²) >= 11 is 0. The van der Waals surface area contributed by atoms with Crippen LogP contribution in [0.25, 0.3) is 0 Å². The lowest BCUT2D eigenvalue weighted by Gasteiger charge is -2.40. The van der Waals surface area contributed by atoms with Crippen molar-refractivity contribution < 1.29 is 4.79 Å². The molecule has 0 aromatic carbocycles. The van der Waals surface area contributed by atoms with Crippen LogP contribution in [-0.4, -0.2) is 55.0 Å². The molecule has 0 amide bonds. The monoisotopic (exact) mass is 271 g/mol. The molecule has 0 aliphatic rings. The largest absolute Gasteiger partial charge is 0.318 e. The first-order chi connectivity index (χ1) is 8.60. The molecule has 0 aromatic rings. The van der Waals surface area contributed by atoms with Crippen molar-refractivity contribution in [2.75, 3.05) is 27.2 Å². The third kappa shape index (κ3) is 5.21. The fourth-order valence-electron chi connectivity index (χ4n) is 2.07. The number of likely N-dealkylation sites (N-methyl/N-ethyl adjacent to an activating group) is 2. The second-order valence-corrected chi connectivity index (χ2v) is 6.54. The van der Waals surface area contributed by atoms with Crippen molar-refractivity contribution in [1.82, 2.24) is 15.5 Å². The predicted molar refractivity (Wildman–Crippen MR) is 82.6 cm³/mol. The van der Waals surface area contributed by atoms with Gasteiger partial charge in [-0.1, -0.05) is 6.92 Å². The van der Waals surface area contributed by atoms with Gasteiger partial charge in [-0.05, 0) is 55.1 Å². The molecule has 0 aliphatic carbocycles.